The van der Waals surface area contributed by atoms with E-state index < -0.39 is 11.9 Å². The topological polar surface area (TPSA) is 69.6 Å². The van der Waals surface area contributed by atoms with Crippen molar-refractivity contribution in [3.05, 3.63) is 51.5 Å². The molecule has 2 aromatic rings. The highest BCUT2D eigenvalue weighted by Crippen LogP contribution is 2.29. The molecule has 3 rings (SSSR count). The van der Waals surface area contributed by atoms with E-state index in [9.17, 15) is 18.0 Å². The molecule has 2 heterocycles. The Balaban J connectivity index is 0.00000341. The number of amides is 1. The molecule has 1 aliphatic heterocycles. The monoisotopic (exact) mass is 567 g/mol. The number of alkyl halides is 3. The van der Waals surface area contributed by atoms with E-state index >= 15 is 0 Å². The van der Waals surface area contributed by atoms with E-state index in [4.69, 9.17) is 0 Å². The van der Waals surface area contributed by atoms with Crippen LogP contribution < -0.4 is 10.6 Å². The Morgan fingerprint density at radius 1 is 1.26 bits per heavy atom. The van der Waals surface area contributed by atoms with Gasteiger partial charge >= 0.3 is 6.18 Å². The number of guanidine groups is 1. The van der Waals surface area contributed by atoms with Crippen LogP contribution in [0.15, 0.2) is 34.6 Å². The number of thiazole rings is 1. The Morgan fingerprint density at radius 3 is 2.68 bits per heavy atom. The standard InChI is InChI=1S/C20H24F3N5OS.HI/c1-24-19(26-11-17-27-16(13-30-17)20(21,22)23)25-9-4-7-18(29)28-10-8-14-5-2-3-6-15(14)12-28;/h2-3,5-6,13H,4,7-12H2,1H3,(H2,24,25,26);1H. The molecule has 1 aromatic heterocycles. The van der Waals surface area contributed by atoms with Gasteiger partial charge in [-0.25, -0.2) is 4.98 Å². The number of hydrogen-bond donors (Lipinski definition) is 2. The lowest BCUT2D eigenvalue weighted by atomic mass is 9.99. The molecule has 0 atom stereocenters. The molecule has 1 aliphatic rings. The van der Waals surface area contributed by atoms with E-state index in [-0.39, 0.29) is 36.4 Å². The lowest BCUT2D eigenvalue weighted by molar-refractivity contribution is -0.140. The van der Waals surface area contributed by atoms with Gasteiger partial charge in [-0.15, -0.1) is 35.3 Å². The molecule has 1 aromatic carbocycles. The van der Waals surface area contributed by atoms with Gasteiger partial charge in [-0.3, -0.25) is 9.79 Å². The normalized spacial score (nSPS) is 13.9. The molecule has 0 spiro atoms. The first-order chi connectivity index (χ1) is 14.4. The van der Waals surface area contributed by atoms with Crippen LogP contribution in [0.2, 0.25) is 0 Å². The van der Waals surface area contributed by atoms with Gasteiger partial charge in [-0.1, -0.05) is 24.3 Å². The third kappa shape index (κ3) is 7.34. The molecule has 0 saturated carbocycles. The zero-order valence-electron chi connectivity index (χ0n) is 17.0. The summed E-state index contributed by atoms with van der Waals surface area (Å²) in [7, 11) is 1.58. The molecule has 0 saturated heterocycles. The number of fused-ring (bicyclic) bond motifs is 1. The third-order valence-electron chi connectivity index (χ3n) is 4.82. The largest absolute Gasteiger partial charge is 0.434 e. The van der Waals surface area contributed by atoms with Crippen molar-refractivity contribution in [2.45, 2.75) is 38.5 Å². The zero-order valence-corrected chi connectivity index (χ0v) is 20.2. The molecule has 0 unspecified atom stereocenters. The van der Waals surface area contributed by atoms with Crippen molar-refractivity contribution in [1.29, 1.82) is 0 Å². The third-order valence-corrected chi connectivity index (χ3v) is 5.66. The number of hydrogen-bond acceptors (Lipinski definition) is 4. The predicted octanol–water partition coefficient (Wildman–Crippen LogP) is 3.81. The molecule has 6 nitrogen and oxygen atoms in total. The van der Waals surface area contributed by atoms with E-state index in [1.165, 1.54) is 11.1 Å². The van der Waals surface area contributed by atoms with Crippen LogP contribution in [0.5, 0.6) is 0 Å². The van der Waals surface area contributed by atoms with Gasteiger partial charge in [0.25, 0.3) is 0 Å². The number of aliphatic imine (C=N–C) groups is 1. The van der Waals surface area contributed by atoms with Crippen LogP contribution in [-0.2, 0) is 30.5 Å². The number of halogens is 4. The molecule has 2 N–H and O–H groups in total. The Bertz CT molecular complexity index is 903. The minimum absolute atomic E-state index is 0. The van der Waals surface area contributed by atoms with E-state index in [1.807, 2.05) is 17.0 Å². The lowest BCUT2D eigenvalue weighted by Gasteiger charge is -2.29. The maximum Gasteiger partial charge on any atom is 0.434 e. The van der Waals surface area contributed by atoms with Gasteiger partial charge in [0, 0.05) is 38.5 Å². The molecule has 0 aliphatic carbocycles. The quantitative estimate of drug-likeness (QED) is 0.241. The van der Waals surface area contributed by atoms with Crippen LogP contribution in [-0.4, -0.2) is 41.9 Å². The Hall–Kier alpha value is -1.89. The minimum atomic E-state index is -4.43. The van der Waals surface area contributed by atoms with Crippen molar-refractivity contribution in [2.24, 2.45) is 4.99 Å². The molecular formula is C20H25F3IN5OS. The summed E-state index contributed by atoms with van der Waals surface area (Å²) in [5.74, 6) is 0.579. The first-order valence-electron chi connectivity index (χ1n) is 9.67. The summed E-state index contributed by atoms with van der Waals surface area (Å²) < 4.78 is 37.8. The highest BCUT2D eigenvalue weighted by atomic mass is 127. The number of nitrogens with zero attached hydrogens (tertiary/aromatic N) is 3. The number of rotatable bonds is 6. The van der Waals surface area contributed by atoms with E-state index in [2.05, 4.69) is 32.7 Å². The van der Waals surface area contributed by atoms with Gasteiger partial charge in [-0.2, -0.15) is 13.2 Å². The molecule has 1 amide bonds. The highest BCUT2D eigenvalue weighted by molar-refractivity contribution is 14.0. The van der Waals surface area contributed by atoms with Crippen LogP contribution in [0.4, 0.5) is 13.2 Å². The molecule has 170 valence electrons. The molecule has 11 heteroatoms. The minimum Gasteiger partial charge on any atom is -0.356 e. The highest BCUT2D eigenvalue weighted by Gasteiger charge is 2.33. The summed E-state index contributed by atoms with van der Waals surface area (Å²) in [5, 5.41) is 7.33. The van der Waals surface area contributed by atoms with E-state index in [0.29, 0.717) is 36.9 Å². The molecule has 0 radical (unpaired) electrons. The fraction of sp³-hybridized carbons (Fsp3) is 0.450. The summed E-state index contributed by atoms with van der Waals surface area (Å²) in [6.45, 7) is 2.06. The van der Waals surface area contributed by atoms with Gasteiger partial charge in [0.15, 0.2) is 11.7 Å². The first-order valence-corrected chi connectivity index (χ1v) is 10.6. The summed E-state index contributed by atoms with van der Waals surface area (Å²) in [4.78, 5) is 22.0. The number of carbonyl (C=O) groups is 1. The lowest BCUT2D eigenvalue weighted by Crippen LogP contribution is -2.38. The number of benzene rings is 1. The average Bonchev–Trinajstić information content (AvgIpc) is 3.22. The summed E-state index contributed by atoms with van der Waals surface area (Å²) in [6.07, 6.45) is -2.50. The van der Waals surface area contributed by atoms with Crippen LogP contribution in [0, 0.1) is 0 Å². The van der Waals surface area contributed by atoms with Gasteiger partial charge < -0.3 is 15.5 Å². The Labute approximate surface area is 200 Å². The van der Waals surface area contributed by atoms with E-state index in [1.54, 1.807) is 7.05 Å². The van der Waals surface area contributed by atoms with Gasteiger partial charge in [0.2, 0.25) is 5.91 Å². The second-order valence-electron chi connectivity index (χ2n) is 6.91. The van der Waals surface area contributed by atoms with Crippen LogP contribution in [0.1, 0.15) is 34.7 Å². The summed E-state index contributed by atoms with van der Waals surface area (Å²) in [6, 6.07) is 8.18. The van der Waals surface area contributed by atoms with Gasteiger partial charge in [0.1, 0.15) is 5.01 Å². The fourth-order valence-corrected chi connectivity index (χ4v) is 3.96. The molecule has 31 heavy (non-hydrogen) atoms. The maximum atomic E-state index is 12.6. The van der Waals surface area contributed by atoms with Crippen molar-refractivity contribution >= 4 is 47.2 Å². The van der Waals surface area contributed by atoms with Gasteiger partial charge in [0.05, 0.1) is 6.54 Å². The van der Waals surface area contributed by atoms with Gasteiger partial charge in [-0.05, 0) is 24.0 Å². The summed E-state index contributed by atoms with van der Waals surface area (Å²) >= 11 is 0.946. The molecular weight excluding hydrogens is 542 g/mol. The van der Waals surface area contributed by atoms with Crippen molar-refractivity contribution in [1.82, 2.24) is 20.5 Å². The number of carbonyl (C=O) groups excluding carboxylic acids is 1. The fourth-order valence-electron chi connectivity index (χ4n) is 3.22. The van der Waals surface area contributed by atoms with Crippen molar-refractivity contribution in [2.75, 3.05) is 20.1 Å². The van der Waals surface area contributed by atoms with Crippen LogP contribution >= 0.6 is 35.3 Å². The Kier molecular flexibility index (Phi) is 9.54. The molecule has 0 bridgehead atoms. The second-order valence-corrected chi connectivity index (χ2v) is 7.86. The van der Waals surface area contributed by atoms with Crippen molar-refractivity contribution < 1.29 is 18.0 Å². The smallest absolute Gasteiger partial charge is 0.356 e. The van der Waals surface area contributed by atoms with Crippen LogP contribution in [0.25, 0.3) is 0 Å². The average molecular weight is 567 g/mol. The Morgan fingerprint density at radius 2 is 2.00 bits per heavy atom. The first kappa shape index (κ1) is 25.4. The van der Waals surface area contributed by atoms with Crippen LogP contribution in [0.3, 0.4) is 0 Å². The molecule has 0 fully saturated rings. The predicted molar refractivity (Wildman–Crippen MR) is 126 cm³/mol. The summed E-state index contributed by atoms with van der Waals surface area (Å²) in [5.41, 5.74) is 1.63. The zero-order chi connectivity index (χ0) is 21.6. The van der Waals surface area contributed by atoms with Crippen molar-refractivity contribution in [3.63, 3.8) is 0 Å². The SMILES string of the molecule is CN=C(NCCCC(=O)N1CCc2ccccc2C1)NCc1nc(C(F)(F)F)cs1.I. The van der Waals surface area contributed by atoms with Crippen molar-refractivity contribution in [3.8, 4) is 0 Å². The van der Waals surface area contributed by atoms with E-state index in [0.717, 1.165) is 29.7 Å². The second kappa shape index (κ2) is 11.7. The number of aromatic nitrogens is 1. The number of nitrogens with one attached hydrogen (secondary N) is 2. The maximum absolute atomic E-state index is 12.6.